The van der Waals surface area contributed by atoms with Crippen molar-refractivity contribution in [3.05, 3.63) is 53.6 Å². The molecule has 1 N–H and O–H groups in total. The van der Waals surface area contributed by atoms with Gasteiger partial charge in [-0.15, -0.1) is 0 Å². The van der Waals surface area contributed by atoms with Crippen LogP contribution >= 0.6 is 23.4 Å². The zero-order valence-electron chi connectivity index (χ0n) is 14.8. The largest absolute Gasteiger partial charge is 0.497 e. The summed E-state index contributed by atoms with van der Waals surface area (Å²) in [5.74, 6) is 0.303. The van der Waals surface area contributed by atoms with Crippen LogP contribution in [0.2, 0.25) is 5.02 Å². The monoisotopic (exact) mass is 403 g/mol. The van der Waals surface area contributed by atoms with E-state index in [0.29, 0.717) is 21.6 Å². The summed E-state index contributed by atoms with van der Waals surface area (Å²) in [4.78, 5) is 30.9. The van der Waals surface area contributed by atoms with Crippen LogP contribution in [-0.4, -0.2) is 41.3 Å². The first-order valence-corrected chi connectivity index (χ1v) is 9.44. The van der Waals surface area contributed by atoms with Crippen LogP contribution < -0.4 is 10.1 Å². The van der Waals surface area contributed by atoms with Gasteiger partial charge in [0, 0.05) is 24.2 Å². The predicted octanol–water partition coefficient (Wildman–Crippen LogP) is 3.94. The van der Waals surface area contributed by atoms with Gasteiger partial charge in [0.1, 0.15) is 11.0 Å². The molecule has 0 radical (unpaired) electrons. The van der Waals surface area contributed by atoms with Gasteiger partial charge >= 0.3 is 0 Å². The Morgan fingerprint density at radius 1 is 1.30 bits per heavy atom. The normalized spacial score (nSPS) is 18.5. The fraction of sp³-hybridized carbons (Fsp3) is 0.211. The second-order valence-corrected chi connectivity index (χ2v) is 7.46. The molecule has 8 heteroatoms. The van der Waals surface area contributed by atoms with E-state index in [0.717, 1.165) is 5.75 Å². The van der Waals surface area contributed by atoms with Crippen molar-refractivity contribution in [2.45, 2.75) is 11.7 Å². The minimum Gasteiger partial charge on any atom is -0.497 e. The molecule has 0 saturated carbocycles. The lowest BCUT2D eigenvalue weighted by Gasteiger charge is -2.28. The Kier molecular flexibility index (Phi) is 6.03. The van der Waals surface area contributed by atoms with Gasteiger partial charge in [0.05, 0.1) is 12.8 Å². The van der Waals surface area contributed by atoms with Gasteiger partial charge in [-0.05, 0) is 42.5 Å². The zero-order chi connectivity index (χ0) is 19.4. The summed E-state index contributed by atoms with van der Waals surface area (Å²) in [6.45, 7) is 0. The van der Waals surface area contributed by atoms with Crippen LogP contribution in [0.25, 0.3) is 0 Å². The molecule has 1 heterocycles. The quantitative estimate of drug-likeness (QED) is 0.839. The highest BCUT2D eigenvalue weighted by Gasteiger charge is 2.34. The van der Waals surface area contributed by atoms with E-state index in [1.54, 1.807) is 62.7 Å². The summed E-state index contributed by atoms with van der Waals surface area (Å²) in [5, 5.41) is 3.24. The number of carbonyl (C=O) groups is 2. The first-order chi connectivity index (χ1) is 13.0. The first kappa shape index (κ1) is 19.3. The number of thioether (sulfide) groups is 1. The van der Waals surface area contributed by atoms with Crippen molar-refractivity contribution in [1.29, 1.82) is 0 Å². The van der Waals surface area contributed by atoms with Crippen LogP contribution in [0.1, 0.15) is 6.42 Å². The molecular formula is C19H18ClN3O3S. The molecule has 2 aromatic carbocycles. The molecule has 0 bridgehead atoms. The number of anilines is 1. The highest BCUT2D eigenvalue weighted by molar-refractivity contribution is 8.15. The highest BCUT2D eigenvalue weighted by atomic mass is 35.5. The number of methoxy groups -OCH3 is 1. The summed E-state index contributed by atoms with van der Waals surface area (Å²) >= 11 is 7.20. The number of halogens is 1. The number of ether oxygens (including phenoxy) is 1. The number of hydrogen-bond acceptors (Lipinski definition) is 5. The molecule has 1 aliphatic rings. The Morgan fingerprint density at radius 3 is 2.70 bits per heavy atom. The van der Waals surface area contributed by atoms with Gasteiger partial charge in [0.2, 0.25) is 11.8 Å². The Bertz CT molecular complexity index is 886. The van der Waals surface area contributed by atoms with Crippen LogP contribution in [0.3, 0.4) is 0 Å². The Labute approximate surface area is 166 Å². The van der Waals surface area contributed by atoms with Crippen molar-refractivity contribution in [2.75, 3.05) is 19.5 Å². The SMILES string of the molecule is COc1ccc(N=C2SC(C(=O)Nc3cccc(Cl)c3)CC(=O)N2C)cc1. The third kappa shape index (κ3) is 4.81. The van der Waals surface area contributed by atoms with E-state index in [1.165, 1.54) is 16.7 Å². The lowest BCUT2D eigenvalue weighted by atomic mass is 10.2. The molecule has 0 spiro atoms. The standard InChI is InChI=1S/C19H18ClN3O3S/c1-23-17(24)11-16(18(25)21-14-5-3-4-12(20)10-14)27-19(23)22-13-6-8-15(26-2)9-7-13/h3-10,16H,11H2,1-2H3,(H,21,25). The summed E-state index contributed by atoms with van der Waals surface area (Å²) in [7, 11) is 3.25. The number of nitrogens with one attached hydrogen (secondary N) is 1. The molecule has 0 aliphatic carbocycles. The van der Waals surface area contributed by atoms with Crippen molar-refractivity contribution in [1.82, 2.24) is 4.90 Å². The van der Waals surface area contributed by atoms with Crippen LogP contribution in [0.4, 0.5) is 11.4 Å². The van der Waals surface area contributed by atoms with E-state index in [-0.39, 0.29) is 18.2 Å². The molecule has 2 amide bonds. The average molecular weight is 404 g/mol. The molecule has 1 aliphatic heterocycles. The molecule has 1 fully saturated rings. The van der Waals surface area contributed by atoms with Gasteiger partial charge in [-0.1, -0.05) is 29.4 Å². The first-order valence-electron chi connectivity index (χ1n) is 8.18. The van der Waals surface area contributed by atoms with Crippen molar-refractivity contribution in [3.63, 3.8) is 0 Å². The summed E-state index contributed by atoms with van der Waals surface area (Å²) < 4.78 is 5.13. The number of benzene rings is 2. The number of hydrogen-bond donors (Lipinski definition) is 1. The molecule has 2 aromatic rings. The molecule has 3 rings (SSSR count). The third-order valence-electron chi connectivity index (χ3n) is 3.95. The third-order valence-corrected chi connectivity index (χ3v) is 5.43. The summed E-state index contributed by atoms with van der Waals surface area (Å²) in [6.07, 6.45) is 0.106. The second kappa shape index (κ2) is 8.45. The van der Waals surface area contributed by atoms with Gasteiger partial charge in [-0.2, -0.15) is 0 Å². The number of aliphatic imine (C=N–C) groups is 1. The van der Waals surface area contributed by atoms with Gasteiger partial charge < -0.3 is 10.1 Å². The topological polar surface area (TPSA) is 71.0 Å². The molecule has 140 valence electrons. The van der Waals surface area contributed by atoms with E-state index in [4.69, 9.17) is 16.3 Å². The minimum absolute atomic E-state index is 0.106. The fourth-order valence-corrected chi connectivity index (χ4v) is 3.71. The lowest BCUT2D eigenvalue weighted by Crippen LogP contribution is -2.43. The Morgan fingerprint density at radius 2 is 2.04 bits per heavy atom. The summed E-state index contributed by atoms with van der Waals surface area (Å²) in [5.41, 5.74) is 1.27. The molecule has 0 aromatic heterocycles. The maximum atomic E-state index is 12.6. The number of carbonyl (C=O) groups excluding carboxylic acids is 2. The van der Waals surface area contributed by atoms with Gasteiger partial charge in [-0.25, -0.2) is 4.99 Å². The molecule has 1 saturated heterocycles. The lowest BCUT2D eigenvalue weighted by molar-refractivity contribution is -0.128. The smallest absolute Gasteiger partial charge is 0.238 e. The number of amidine groups is 1. The van der Waals surface area contributed by atoms with E-state index < -0.39 is 5.25 Å². The maximum Gasteiger partial charge on any atom is 0.238 e. The highest BCUT2D eigenvalue weighted by Crippen LogP contribution is 2.29. The van der Waals surface area contributed by atoms with Crippen molar-refractivity contribution < 1.29 is 14.3 Å². The van der Waals surface area contributed by atoms with Crippen LogP contribution in [0, 0.1) is 0 Å². The fourth-order valence-electron chi connectivity index (χ4n) is 2.45. The number of nitrogens with zero attached hydrogens (tertiary/aromatic N) is 2. The molecule has 1 unspecified atom stereocenters. The minimum atomic E-state index is -0.565. The van der Waals surface area contributed by atoms with E-state index >= 15 is 0 Å². The van der Waals surface area contributed by atoms with Crippen molar-refractivity contribution >= 4 is 51.7 Å². The maximum absolute atomic E-state index is 12.6. The second-order valence-electron chi connectivity index (χ2n) is 5.86. The van der Waals surface area contributed by atoms with Crippen LogP contribution in [0.15, 0.2) is 53.5 Å². The number of amides is 2. The Hall–Kier alpha value is -2.51. The van der Waals surface area contributed by atoms with Gasteiger partial charge in [-0.3, -0.25) is 14.5 Å². The van der Waals surface area contributed by atoms with Gasteiger partial charge in [0.25, 0.3) is 0 Å². The zero-order valence-corrected chi connectivity index (χ0v) is 16.4. The summed E-state index contributed by atoms with van der Waals surface area (Å²) in [6, 6.07) is 14.0. The van der Waals surface area contributed by atoms with E-state index in [9.17, 15) is 9.59 Å². The average Bonchev–Trinajstić information content (AvgIpc) is 2.66. The van der Waals surface area contributed by atoms with E-state index in [1.807, 2.05) is 0 Å². The molecule has 1 atom stereocenters. The molecular weight excluding hydrogens is 386 g/mol. The number of rotatable bonds is 4. The van der Waals surface area contributed by atoms with Crippen molar-refractivity contribution in [3.8, 4) is 5.75 Å². The predicted molar refractivity (Wildman–Crippen MR) is 109 cm³/mol. The van der Waals surface area contributed by atoms with E-state index in [2.05, 4.69) is 10.3 Å². The van der Waals surface area contributed by atoms with Crippen molar-refractivity contribution in [2.24, 2.45) is 4.99 Å². The van der Waals surface area contributed by atoms with Crippen LogP contribution in [-0.2, 0) is 9.59 Å². The Balaban J connectivity index is 1.76. The van der Waals surface area contributed by atoms with Crippen LogP contribution in [0.5, 0.6) is 5.75 Å². The van der Waals surface area contributed by atoms with Gasteiger partial charge in [0.15, 0.2) is 5.17 Å². The molecule has 6 nitrogen and oxygen atoms in total. The molecule has 27 heavy (non-hydrogen) atoms.